The zero-order chi connectivity index (χ0) is 18.2. The number of benzene rings is 2. The lowest BCUT2D eigenvalue weighted by Crippen LogP contribution is -2.44. The molecule has 1 atom stereocenters. The van der Waals surface area contributed by atoms with Gasteiger partial charge in [0.2, 0.25) is 5.91 Å². The van der Waals surface area contributed by atoms with Gasteiger partial charge in [-0.3, -0.25) is 9.69 Å². The van der Waals surface area contributed by atoms with Crippen LogP contribution >= 0.6 is 0 Å². The van der Waals surface area contributed by atoms with E-state index in [4.69, 9.17) is 9.47 Å². The van der Waals surface area contributed by atoms with Crippen molar-refractivity contribution in [2.24, 2.45) is 0 Å². The first-order valence-corrected chi connectivity index (χ1v) is 9.13. The van der Waals surface area contributed by atoms with E-state index in [2.05, 4.69) is 10.2 Å². The Labute approximate surface area is 154 Å². The van der Waals surface area contributed by atoms with Crippen molar-refractivity contribution in [2.75, 3.05) is 39.5 Å². The molecule has 5 nitrogen and oxygen atoms in total. The van der Waals surface area contributed by atoms with Gasteiger partial charge in [0.1, 0.15) is 5.75 Å². The van der Waals surface area contributed by atoms with E-state index in [-0.39, 0.29) is 11.9 Å². The molecule has 138 valence electrons. The summed E-state index contributed by atoms with van der Waals surface area (Å²) in [5.74, 6) is 0.830. The number of amides is 1. The monoisotopic (exact) mass is 354 g/mol. The number of carbonyl (C=O) groups is 1. The molecule has 0 aliphatic carbocycles. The van der Waals surface area contributed by atoms with Crippen LogP contribution < -0.4 is 10.1 Å². The average molecular weight is 354 g/mol. The fourth-order valence-electron chi connectivity index (χ4n) is 3.12. The largest absolute Gasteiger partial charge is 0.494 e. The van der Waals surface area contributed by atoms with E-state index in [0.29, 0.717) is 26.4 Å². The Morgan fingerprint density at radius 1 is 1.12 bits per heavy atom. The maximum atomic E-state index is 12.7. The number of nitrogens with zero attached hydrogens (tertiary/aromatic N) is 1. The van der Waals surface area contributed by atoms with Crippen molar-refractivity contribution in [1.29, 1.82) is 0 Å². The molecule has 1 unspecified atom stereocenters. The topological polar surface area (TPSA) is 50.8 Å². The van der Waals surface area contributed by atoms with Crippen LogP contribution in [0.5, 0.6) is 5.75 Å². The normalized spacial score (nSPS) is 16.0. The number of morpholine rings is 1. The minimum atomic E-state index is -0.204. The fourth-order valence-corrected chi connectivity index (χ4v) is 3.12. The lowest BCUT2D eigenvalue weighted by atomic mass is 9.98. The van der Waals surface area contributed by atoms with E-state index < -0.39 is 0 Å². The Kier molecular flexibility index (Phi) is 6.63. The number of hydrogen-bond acceptors (Lipinski definition) is 4. The molecule has 5 heteroatoms. The highest BCUT2D eigenvalue weighted by Gasteiger charge is 2.20. The van der Waals surface area contributed by atoms with Gasteiger partial charge < -0.3 is 14.8 Å². The molecular weight excluding hydrogens is 328 g/mol. The summed E-state index contributed by atoms with van der Waals surface area (Å²) in [6.45, 7) is 5.93. The number of ether oxygens (including phenoxy) is 2. The van der Waals surface area contributed by atoms with E-state index in [9.17, 15) is 4.79 Å². The molecule has 1 N–H and O–H groups in total. The minimum Gasteiger partial charge on any atom is -0.494 e. The van der Waals surface area contributed by atoms with Crippen molar-refractivity contribution < 1.29 is 14.3 Å². The molecule has 1 aliphatic rings. The smallest absolute Gasteiger partial charge is 0.234 e. The van der Waals surface area contributed by atoms with E-state index in [1.165, 1.54) is 0 Å². The maximum absolute atomic E-state index is 12.7. The summed E-state index contributed by atoms with van der Waals surface area (Å²) in [5.41, 5.74) is 2.06. The third-order valence-corrected chi connectivity index (χ3v) is 4.41. The molecule has 1 heterocycles. The molecule has 0 radical (unpaired) electrons. The lowest BCUT2D eigenvalue weighted by Gasteiger charge is -2.27. The second kappa shape index (κ2) is 9.36. The van der Waals surface area contributed by atoms with Crippen molar-refractivity contribution in [2.45, 2.75) is 13.0 Å². The molecule has 2 aromatic rings. The highest BCUT2D eigenvalue weighted by atomic mass is 16.5. The van der Waals surface area contributed by atoms with Crippen LogP contribution in [-0.4, -0.2) is 50.3 Å². The first kappa shape index (κ1) is 18.4. The van der Waals surface area contributed by atoms with Crippen LogP contribution in [0, 0.1) is 0 Å². The van der Waals surface area contributed by atoms with Gasteiger partial charge in [-0.05, 0) is 30.2 Å². The van der Waals surface area contributed by atoms with Crippen molar-refractivity contribution in [3.8, 4) is 5.75 Å². The number of nitrogens with one attached hydrogen (secondary N) is 1. The molecule has 1 aliphatic heterocycles. The van der Waals surface area contributed by atoms with Gasteiger partial charge in [-0.1, -0.05) is 42.5 Å². The standard InChI is InChI=1S/C21H26N2O3/c1-2-26-19-10-6-9-18(15-19)21(17-7-4-3-5-8-17)22-20(24)16-23-11-13-25-14-12-23/h3-10,15,21H,2,11-14,16H2,1H3,(H,22,24). The summed E-state index contributed by atoms with van der Waals surface area (Å²) in [7, 11) is 0. The Morgan fingerprint density at radius 3 is 2.58 bits per heavy atom. The van der Waals surface area contributed by atoms with Crippen molar-refractivity contribution in [3.05, 3.63) is 65.7 Å². The van der Waals surface area contributed by atoms with Gasteiger partial charge in [-0.15, -0.1) is 0 Å². The molecule has 1 fully saturated rings. The summed E-state index contributed by atoms with van der Waals surface area (Å²) < 4.78 is 11.0. The third kappa shape index (κ3) is 5.07. The molecule has 1 saturated heterocycles. The second-order valence-electron chi connectivity index (χ2n) is 6.31. The number of hydrogen-bond donors (Lipinski definition) is 1. The predicted molar refractivity (Wildman–Crippen MR) is 101 cm³/mol. The Bertz CT molecular complexity index is 699. The van der Waals surface area contributed by atoms with Gasteiger partial charge in [0.25, 0.3) is 0 Å². The van der Waals surface area contributed by atoms with Crippen molar-refractivity contribution in [1.82, 2.24) is 10.2 Å². The highest BCUT2D eigenvalue weighted by molar-refractivity contribution is 5.79. The van der Waals surface area contributed by atoms with Crippen molar-refractivity contribution in [3.63, 3.8) is 0 Å². The molecule has 0 spiro atoms. The summed E-state index contributed by atoms with van der Waals surface area (Å²) in [6.07, 6.45) is 0. The Balaban J connectivity index is 1.77. The van der Waals surface area contributed by atoms with Gasteiger partial charge in [0.05, 0.1) is 32.4 Å². The molecule has 0 saturated carbocycles. The van der Waals surface area contributed by atoms with Crippen molar-refractivity contribution >= 4 is 5.91 Å². The van der Waals surface area contributed by atoms with Gasteiger partial charge in [0, 0.05) is 13.1 Å². The summed E-state index contributed by atoms with van der Waals surface area (Å²) in [5, 5.41) is 3.19. The van der Waals surface area contributed by atoms with Gasteiger partial charge >= 0.3 is 0 Å². The van der Waals surface area contributed by atoms with Crippen LogP contribution in [0.4, 0.5) is 0 Å². The van der Waals surface area contributed by atoms with Gasteiger partial charge in [-0.25, -0.2) is 0 Å². The zero-order valence-electron chi connectivity index (χ0n) is 15.2. The van der Waals surface area contributed by atoms with E-state index >= 15 is 0 Å². The molecular formula is C21H26N2O3. The number of carbonyl (C=O) groups excluding carboxylic acids is 1. The SMILES string of the molecule is CCOc1cccc(C(NC(=O)CN2CCOCC2)c2ccccc2)c1. The van der Waals surface area contributed by atoms with Crippen LogP contribution in [0.25, 0.3) is 0 Å². The molecule has 26 heavy (non-hydrogen) atoms. The average Bonchev–Trinajstić information content (AvgIpc) is 2.68. The van der Waals surface area contributed by atoms with Gasteiger partial charge in [0.15, 0.2) is 0 Å². The Morgan fingerprint density at radius 2 is 1.85 bits per heavy atom. The Hall–Kier alpha value is -2.37. The van der Waals surface area contributed by atoms with E-state index in [1.54, 1.807) is 0 Å². The molecule has 2 aromatic carbocycles. The summed E-state index contributed by atoms with van der Waals surface area (Å²) in [4.78, 5) is 14.8. The molecule has 3 rings (SSSR count). The maximum Gasteiger partial charge on any atom is 0.234 e. The van der Waals surface area contributed by atoms with Crippen LogP contribution in [0.1, 0.15) is 24.1 Å². The fraction of sp³-hybridized carbons (Fsp3) is 0.381. The summed E-state index contributed by atoms with van der Waals surface area (Å²) in [6, 6.07) is 17.7. The first-order valence-electron chi connectivity index (χ1n) is 9.13. The first-order chi connectivity index (χ1) is 12.8. The zero-order valence-corrected chi connectivity index (χ0v) is 15.2. The van der Waals surface area contributed by atoms with E-state index in [1.807, 2.05) is 61.5 Å². The molecule has 1 amide bonds. The second-order valence-corrected chi connectivity index (χ2v) is 6.31. The molecule has 0 bridgehead atoms. The summed E-state index contributed by atoms with van der Waals surface area (Å²) >= 11 is 0. The number of rotatable bonds is 7. The van der Waals surface area contributed by atoms with Crippen LogP contribution in [-0.2, 0) is 9.53 Å². The quantitative estimate of drug-likeness (QED) is 0.830. The van der Waals surface area contributed by atoms with E-state index in [0.717, 1.165) is 30.0 Å². The molecule has 0 aromatic heterocycles. The van der Waals surface area contributed by atoms with Crippen LogP contribution in [0.3, 0.4) is 0 Å². The van der Waals surface area contributed by atoms with Crippen LogP contribution in [0.15, 0.2) is 54.6 Å². The predicted octanol–water partition coefficient (Wildman–Crippen LogP) is 2.62. The lowest BCUT2D eigenvalue weighted by molar-refractivity contribution is -0.123. The third-order valence-electron chi connectivity index (χ3n) is 4.41. The van der Waals surface area contributed by atoms with Gasteiger partial charge in [-0.2, -0.15) is 0 Å². The minimum absolute atomic E-state index is 0.0163. The highest BCUT2D eigenvalue weighted by Crippen LogP contribution is 2.25. The van der Waals surface area contributed by atoms with Crippen LogP contribution in [0.2, 0.25) is 0 Å².